The van der Waals surface area contributed by atoms with Gasteiger partial charge in [-0.1, -0.05) is 17.9 Å². The number of halogens is 2. The Morgan fingerprint density at radius 2 is 2.15 bits per heavy atom. The first-order valence-electron chi connectivity index (χ1n) is 3.62. The maximum atomic E-state index is 12.9. The molecule has 0 N–H and O–H groups in total. The molecule has 1 aromatic rings. The van der Waals surface area contributed by atoms with E-state index in [-0.39, 0.29) is 12.0 Å². The maximum Gasteiger partial charge on any atom is 0.174 e. The Morgan fingerprint density at radius 1 is 1.38 bits per heavy atom. The topological polar surface area (TPSA) is 17.1 Å². The average Bonchev–Trinajstić information content (AvgIpc) is 2.13. The summed E-state index contributed by atoms with van der Waals surface area (Å²) in [7, 11) is 0. The van der Waals surface area contributed by atoms with E-state index in [0.717, 1.165) is 6.07 Å². The van der Waals surface area contributed by atoms with Crippen molar-refractivity contribution in [2.75, 3.05) is 0 Å². The van der Waals surface area contributed by atoms with Crippen molar-refractivity contribution in [3.8, 4) is 11.8 Å². The number of carbonyl (C=O) groups excluding carboxylic acids is 1. The van der Waals surface area contributed by atoms with Crippen LogP contribution in [0.25, 0.3) is 0 Å². The zero-order valence-electron chi connectivity index (χ0n) is 6.68. The Labute approximate surface area is 74.4 Å². The SMILES string of the molecule is O=CCC#Cc1cccc(F)c1F. The van der Waals surface area contributed by atoms with Crippen molar-refractivity contribution >= 4 is 6.29 Å². The Morgan fingerprint density at radius 3 is 2.85 bits per heavy atom. The van der Waals surface area contributed by atoms with Crippen LogP contribution in [-0.2, 0) is 4.79 Å². The van der Waals surface area contributed by atoms with Gasteiger partial charge in [0.1, 0.15) is 6.29 Å². The molecular weight excluding hydrogens is 174 g/mol. The molecule has 0 aliphatic rings. The molecule has 0 atom stereocenters. The lowest BCUT2D eigenvalue weighted by molar-refractivity contribution is -0.107. The highest BCUT2D eigenvalue weighted by Gasteiger charge is 2.03. The molecule has 1 nitrogen and oxygen atoms in total. The third kappa shape index (κ3) is 2.38. The average molecular weight is 180 g/mol. The lowest BCUT2D eigenvalue weighted by Crippen LogP contribution is -1.88. The second-order valence-corrected chi connectivity index (χ2v) is 2.27. The van der Waals surface area contributed by atoms with Crippen molar-refractivity contribution < 1.29 is 13.6 Å². The molecule has 0 saturated heterocycles. The van der Waals surface area contributed by atoms with Gasteiger partial charge in [0.15, 0.2) is 11.6 Å². The molecule has 1 aromatic carbocycles. The Kier molecular flexibility index (Phi) is 3.15. The highest BCUT2D eigenvalue weighted by Crippen LogP contribution is 2.09. The van der Waals surface area contributed by atoms with E-state index in [2.05, 4.69) is 11.8 Å². The minimum atomic E-state index is -0.971. The van der Waals surface area contributed by atoms with Crippen LogP contribution in [0.2, 0.25) is 0 Å². The van der Waals surface area contributed by atoms with Crippen molar-refractivity contribution in [2.24, 2.45) is 0 Å². The molecule has 0 fully saturated rings. The zero-order valence-corrected chi connectivity index (χ0v) is 6.68. The number of carbonyl (C=O) groups is 1. The summed E-state index contributed by atoms with van der Waals surface area (Å²) < 4.78 is 25.4. The minimum absolute atomic E-state index is 0.0238. The van der Waals surface area contributed by atoms with E-state index in [4.69, 9.17) is 0 Å². The first-order valence-corrected chi connectivity index (χ1v) is 3.62. The molecule has 0 bridgehead atoms. The lowest BCUT2D eigenvalue weighted by Gasteiger charge is -1.93. The second-order valence-electron chi connectivity index (χ2n) is 2.27. The van der Waals surface area contributed by atoms with Crippen LogP contribution in [0.1, 0.15) is 12.0 Å². The van der Waals surface area contributed by atoms with Crippen LogP contribution >= 0.6 is 0 Å². The molecule has 0 aliphatic carbocycles. The molecule has 0 aliphatic heterocycles. The van der Waals surface area contributed by atoms with E-state index in [1.165, 1.54) is 12.1 Å². The molecule has 66 valence electrons. The highest BCUT2D eigenvalue weighted by molar-refractivity contribution is 5.55. The van der Waals surface area contributed by atoms with E-state index in [9.17, 15) is 13.6 Å². The Balaban J connectivity index is 2.97. The smallest absolute Gasteiger partial charge is 0.174 e. The predicted molar refractivity (Wildman–Crippen MR) is 43.9 cm³/mol. The van der Waals surface area contributed by atoms with Crippen LogP contribution in [0.15, 0.2) is 18.2 Å². The largest absolute Gasteiger partial charge is 0.302 e. The molecule has 0 saturated carbocycles. The molecule has 1 rings (SSSR count). The molecular formula is C10H6F2O. The predicted octanol–water partition coefficient (Wildman–Crippen LogP) is 1.91. The number of aldehydes is 1. The van der Waals surface area contributed by atoms with Crippen molar-refractivity contribution in [1.29, 1.82) is 0 Å². The summed E-state index contributed by atoms with van der Waals surface area (Å²) in [4.78, 5) is 9.88. The van der Waals surface area contributed by atoms with Crippen molar-refractivity contribution in [3.63, 3.8) is 0 Å². The fraction of sp³-hybridized carbons (Fsp3) is 0.100. The van der Waals surface area contributed by atoms with E-state index < -0.39 is 11.6 Å². The number of benzene rings is 1. The van der Waals surface area contributed by atoms with Crippen LogP contribution in [0, 0.1) is 23.5 Å². The standard InChI is InChI=1S/C10H6F2O/c11-9-6-3-5-8(10(9)12)4-1-2-7-13/h3,5-7H,2H2. The van der Waals surface area contributed by atoms with Crippen LogP contribution in [0.5, 0.6) is 0 Å². The number of hydrogen-bond donors (Lipinski definition) is 0. The summed E-state index contributed by atoms with van der Waals surface area (Å²) in [5.41, 5.74) is -0.0261. The summed E-state index contributed by atoms with van der Waals surface area (Å²) in [5.74, 6) is 2.85. The molecule has 0 aromatic heterocycles. The van der Waals surface area contributed by atoms with Crippen LogP contribution < -0.4 is 0 Å². The summed E-state index contributed by atoms with van der Waals surface area (Å²) in [6, 6.07) is 3.74. The molecule has 0 amide bonds. The highest BCUT2D eigenvalue weighted by atomic mass is 19.2. The van der Waals surface area contributed by atoms with Gasteiger partial charge in [-0.25, -0.2) is 8.78 Å². The van der Waals surface area contributed by atoms with Crippen molar-refractivity contribution in [3.05, 3.63) is 35.4 Å². The van der Waals surface area contributed by atoms with E-state index in [0.29, 0.717) is 6.29 Å². The van der Waals surface area contributed by atoms with E-state index in [1.54, 1.807) is 0 Å². The fourth-order valence-electron chi connectivity index (χ4n) is 0.788. The van der Waals surface area contributed by atoms with Crippen molar-refractivity contribution in [1.82, 2.24) is 0 Å². The van der Waals surface area contributed by atoms with Crippen molar-refractivity contribution in [2.45, 2.75) is 6.42 Å². The monoisotopic (exact) mass is 180 g/mol. The third-order valence-electron chi connectivity index (χ3n) is 1.36. The summed E-state index contributed by atoms with van der Waals surface area (Å²) in [6.07, 6.45) is 0.625. The van der Waals surface area contributed by atoms with Gasteiger partial charge in [-0.3, -0.25) is 0 Å². The summed E-state index contributed by atoms with van der Waals surface area (Å²) in [6.45, 7) is 0. The van der Waals surface area contributed by atoms with Gasteiger partial charge in [0.25, 0.3) is 0 Å². The van der Waals surface area contributed by atoms with Crippen LogP contribution in [0.3, 0.4) is 0 Å². The molecule has 0 radical (unpaired) electrons. The first kappa shape index (κ1) is 9.40. The maximum absolute atomic E-state index is 12.9. The quantitative estimate of drug-likeness (QED) is 0.476. The molecule has 0 spiro atoms. The third-order valence-corrected chi connectivity index (χ3v) is 1.36. The van der Waals surface area contributed by atoms with Gasteiger partial charge in [0, 0.05) is 0 Å². The zero-order chi connectivity index (χ0) is 9.68. The molecule has 3 heteroatoms. The van der Waals surface area contributed by atoms with Crippen LogP contribution in [-0.4, -0.2) is 6.29 Å². The Hall–Kier alpha value is -1.69. The van der Waals surface area contributed by atoms with Gasteiger partial charge in [0.05, 0.1) is 12.0 Å². The number of rotatable bonds is 1. The second kappa shape index (κ2) is 4.36. The Bertz CT molecular complexity index is 374. The summed E-state index contributed by atoms with van der Waals surface area (Å²) >= 11 is 0. The van der Waals surface area contributed by atoms with Gasteiger partial charge >= 0.3 is 0 Å². The van der Waals surface area contributed by atoms with Gasteiger partial charge in [-0.2, -0.15) is 0 Å². The minimum Gasteiger partial charge on any atom is -0.302 e. The lowest BCUT2D eigenvalue weighted by atomic mass is 10.2. The molecule has 0 heterocycles. The number of hydrogen-bond acceptors (Lipinski definition) is 1. The van der Waals surface area contributed by atoms with E-state index in [1.807, 2.05) is 0 Å². The molecule has 0 unspecified atom stereocenters. The first-order chi connectivity index (χ1) is 6.25. The summed E-state index contributed by atoms with van der Waals surface area (Å²) in [5, 5.41) is 0. The fourth-order valence-corrected chi connectivity index (χ4v) is 0.788. The van der Waals surface area contributed by atoms with Gasteiger partial charge in [-0.15, -0.1) is 0 Å². The van der Waals surface area contributed by atoms with E-state index >= 15 is 0 Å². The normalized spacial score (nSPS) is 8.77. The van der Waals surface area contributed by atoms with Gasteiger partial charge in [-0.05, 0) is 12.1 Å². The van der Waals surface area contributed by atoms with Gasteiger partial charge in [0.2, 0.25) is 0 Å². The van der Waals surface area contributed by atoms with Crippen LogP contribution in [0.4, 0.5) is 8.78 Å². The van der Waals surface area contributed by atoms with Gasteiger partial charge < -0.3 is 4.79 Å². The molecule has 13 heavy (non-hydrogen) atoms.